The molecule has 0 spiro atoms. The molecule has 0 N–H and O–H groups in total. The fourth-order valence-corrected chi connectivity index (χ4v) is 6.74. The van der Waals surface area contributed by atoms with E-state index in [9.17, 15) is 0 Å². The summed E-state index contributed by atoms with van der Waals surface area (Å²) >= 11 is 0. The van der Waals surface area contributed by atoms with Crippen LogP contribution in [0.3, 0.4) is 0 Å². The average Bonchev–Trinajstić information content (AvgIpc) is 3.54. The van der Waals surface area contributed by atoms with Crippen molar-refractivity contribution in [2.75, 3.05) is 4.90 Å². The first-order valence-corrected chi connectivity index (χ1v) is 16.7. The summed E-state index contributed by atoms with van der Waals surface area (Å²) in [5.41, 5.74) is 9.47. The number of anilines is 3. The van der Waals surface area contributed by atoms with Gasteiger partial charge in [-0.25, -0.2) is 4.98 Å². The van der Waals surface area contributed by atoms with Crippen LogP contribution in [0.25, 0.3) is 61.7 Å². The zero-order valence-corrected chi connectivity index (χ0v) is 27.1. The van der Waals surface area contributed by atoms with Crippen molar-refractivity contribution in [1.82, 2.24) is 19.5 Å². The fourth-order valence-electron chi connectivity index (χ4n) is 6.74. The Kier molecular flexibility index (Phi) is 7.41. The number of fused-ring (bicyclic) bond motifs is 3. The molecule has 2 aromatic heterocycles. The quantitative estimate of drug-likeness (QED) is 0.174. The van der Waals surface area contributed by atoms with Crippen LogP contribution >= 0.6 is 0 Å². The van der Waals surface area contributed by atoms with Crippen LogP contribution in [0.15, 0.2) is 188 Å². The van der Waals surface area contributed by atoms with Crippen LogP contribution in [0, 0.1) is 0 Å². The number of aromatic nitrogens is 4. The minimum Gasteiger partial charge on any atom is -0.310 e. The van der Waals surface area contributed by atoms with Crippen molar-refractivity contribution in [2.45, 2.75) is 0 Å². The Hall–Kier alpha value is -6.85. The van der Waals surface area contributed by atoms with Gasteiger partial charge in [-0.15, -0.1) is 0 Å². The summed E-state index contributed by atoms with van der Waals surface area (Å²) < 4.78 is 2.15. The summed E-state index contributed by atoms with van der Waals surface area (Å²) in [5, 5.41) is 2.32. The van der Waals surface area contributed by atoms with E-state index in [-0.39, 0.29) is 0 Å². The van der Waals surface area contributed by atoms with Gasteiger partial charge in [0.1, 0.15) is 0 Å². The number of para-hydroxylation sites is 5. The van der Waals surface area contributed by atoms with Crippen molar-refractivity contribution in [3.05, 3.63) is 188 Å². The topological polar surface area (TPSA) is 46.8 Å². The molecule has 50 heavy (non-hydrogen) atoms. The highest BCUT2D eigenvalue weighted by atomic mass is 15.2. The van der Waals surface area contributed by atoms with Crippen molar-refractivity contribution in [2.24, 2.45) is 0 Å². The van der Waals surface area contributed by atoms with Crippen molar-refractivity contribution in [3.63, 3.8) is 0 Å². The zero-order valence-electron chi connectivity index (χ0n) is 27.1. The number of benzene rings is 7. The predicted octanol–water partition coefficient (Wildman–Crippen LogP) is 11.4. The highest BCUT2D eigenvalue weighted by Crippen LogP contribution is 2.41. The second-order valence-corrected chi connectivity index (χ2v) is 12.1. The third kappa shape index (κ3) is 5.27. The maximum Gasteiger partial charge on any atom is 0.238 e. The molecule has 7 aromatic carbocycles. The van der Waals surface area contributed by atoms with E-state index in [0.29, 0.717) is 17.6 Å². The molecule has 0 saturated carbocycles. The predicted molar refractivity (Wildman–Crippen MR) is 205 cm³/mol. The Morgan fingerprint density at radius 3 is 1.38 bits per heavy atom. The fraction of sp³-hybridized carbons (Fsp3) is 0. The molecule has 5 heteroatoms. The van der Waals surface area contributed by atoms with E-state index in [0.717, 1.165) is 61.1 Å². The van der Waals surface area contributed by atoms with E-state index >= 15 is 0 Å². The van der Waals surface area contributed by atoms with E-state index in [1.165, 1.54) is 0 Å². The maximum absolute atomic E-state index is 5.13. The van der Waals surface area contributed by atoms with Crippen molar-refractivity contribution >= 4 is 38.9 Å². The van der Waals surface area contributed by atoms with E-state index in [4.69, 9.17) is 15.0 Å². The van der Waals surface area contributed by atoms with Crippen LogP contribution in [-0.2, 0) is 0 Å². The molecule has 0 fully saturated rings. The third-order valence-electron chi connectivity index (χ3n) is 9.06. The van der Waals surface area contributed by atoms with Crippen molar-refractivity contribution < 1.29 is 0 Å². The lowest BCUT2D eigenvalue weighted by Crippen LogP contribution is -2.10. The van der Waals surface area contributed by atoms with Crippen LogP contribution in [0.1, 0.15) is 0 Å². The van der Waals surface area contributed by atoms with Crippen molar-refractivity contribution in [3.8, 4) is 39.9 Å². The molecule has 0 saturated heterocycles. The normalized spacial score (nSPS) is 11.2. The average molecular weight is 642 g/mol. The van der Waals surface area contributed by atoms with E-state index in [1.807, 2.05) is 42.5 Å². The summed E-state index contributed by atoms with van der Waals surface area (Å²) in [6.45, 7) is 0. The zero-order chi connectivity index (χ0) is 33.3. The van der Waals surface area contributed by atoms with E-state index in [2.05, 4.69) is 155 Å². The van der Waals surface area contributed by atoms with Gasteiger partial charge < -0.3 is 4.90 Å². The van der Waals surface area contributed by atoms with Gasteiger partial charge in [0, 0.05) is 38.8 Å². The van der Waals surface area contributed by atoms with Gasteiger partial charge in [-0.05, 0) is 48.0 Å². The molecular weight excluding hydrogens is 611 g/mol. The van der Waals surface area contributed by atoms with Gasteiger partial charge in [0.15, 0.2) is 11.6 Å². The molecule has 236 valence electrons. The Labute approximate surface area is 290 Å². The van der Waals surface area contributed by atoms with Gasteiger partial charge in [-0.1, -0.05) is 146 Å². The highest BCUT2D eigenvalue weighted by Gasteiger charge is 2.19. The third-order valence-corrected chi connectivity index (χ3v) is 9.06. The highest BCUT2D eigenvalue weighted by molar-refractivity contribution is 6.09. The van der Waals surface area contributed by atoms with Crippen LogP contribution < -0.4 is 4.90 Å². The first-order valence-electron chi connectivity index (χ1n) is 16.7. The van der Waals surface area contributed by atoms with Gasteiger partial charge in [0.2, 0.25) is 5.95 Å². The van der Waals surface area contributed by atoms with Gasteiger partial charge in [0.05, 0.1) is 16.7 Å². The second kappa shape index (κ2) is 12.6. The summed E-state index contributed by atoms with van der Waals surface area (Å²) in [4.78, 5) is 17.5. The van der Waals surface area contributed by atoms with Crippen LogP contribution in [-0.4, -0.2) is 19.5 Å². The molecule has 0 aliphatic rings. The van der Waals surface area contributed by atoms with E-state index < -0.39 is 0 Å². The number of hydrogen-bond acceptors (Lipinski definition) is 4. The van der Waals surface area contributed by atoms with Crippen molar-refractivity contribution in [1.29, 1.82) is 0 Å². The lowest BCUT2D eigenvalue weighted by atomic mass is 10.0. The Bertz CT molecular complexity index is 2490. The first kappa shape index (κ1) is 29.3. The molecule has 0 atom stereocenters. The largest absolute Gasteiger partial charge is 0.310 e. The van der Waals surface area contributed by atoms with E-state index in [1.54, 1.807) is 0 Å². The standard InChI is InChI=1S/C45H31N5/c1-4-16-33(17-5-1)43-46-44(48-45(47-43)50-41-26-14-11-23-38(41)39-24-12-15-27-42(39)50)34-30-28-32(29-31-34)37-22-10-13-25-40(37)49(35-18-6-2-7-19-35)36-20-8-3-9-21-36/h1-31H. The van der Waals surface area contributed by atoms with Gasteiger partial charge in [0.25, 0.3) is 0 Å². The van der Waals surface area contributed by atoms with Gasteiger partial charge in [-0.3, -0.25) is 4.57 Å². The molecule has 0 bridgehead atoms. The Balaban J connectivity index is 1.18. The SMILES string of the molecule is c1ccc(-c2nc(-c3ccc(-c4ccccc4N(c4ccccc4)c4ccccc4)cc3)nc(-n3c4ccccc4c4ccccc43)n2)cc1. The van der Waals surface area contributed by atoms with Crippen LogP contribution in [0.5, 0.6) is 0 Å². The summed E-state index contributed by atoms with van der Waals surface area (Å²) in [6, 6.07) is 65.0. The minimum absolute atomic E-state index is 0.585. The monoisotopic (exact) mass is 641 g/mol. The van der Waals surface area contributed by atoms with Gasteiger partial charge >= 0.3 is 0 Å². The molecule has 0 amide bonds. The molecular formula is C45H31N5. The molecule has 9 aromatic rings. The molecule has 5 nitrogen and oxygen atoms in total. The molecule has 0 aliphatic carbocycles. The number of nitrogens with zero attached hydrogens (tertiary/aromatic N) is 5. The van der Waals surface area contributed by atoms with Crippen LogP contribution in [0.4, 0.5) is 17.1 Å². The molecule has 0 unspecified atom stereocenters. The van der Waals surface area contributed by atoms with Crippen LogP contribution in [0.2, 0.25) is 0 Å². The number of rotatable bonds is 7. The molecule has 0 radical (unpaired) electrons. The maximum atomic E-state index is 5.13. The summed E-state index contributed by atoms with van der Waals surface area (Å²) in [5.74, 6) is 1.83. The minimum atomic E-state index is 0.585. The summed E-state index contributed by atoms with van der Waals surface area (Å²) in [6.07, 6.45) is 0. The molecule has 0 aliphatic heterocycles. The molecule has 2 heterocycles. The summed E-state index contributed by atoms with van der Waals surface area (Å²) in [7, 11) is 0. The lowest BCUT2D eigenvalue weighted by molar-refractivity contribution is 0.953. The smallest absolute Gasteiger partial charge is 0.238 e. The molecule has 9 rings (SSSR count). The Morgan fingerprint density at radius 2 is 0.800 bits per heavy atom. The number of hydrogen-bond donors (Lipinski definition) is 0. The second-order valence-electron chi connectivity index (χ2n) is 12.1. The van der Waals surface area contributed by atoms with Gasteiger partial charge in [-0.2, -0.15) is 9.97 Å². The first-order chi connectivity index (χ1) is 24.8. The lowest BCUT2D eigenvalue weighted by Gasteiger charge is -2.27. The Morgan fingerprint density at radius 1 is 0.360 bits per heavy atom.